The van der Waals surface area contributed by atoms with Crippen LogP contribution >= 0.6 is 0 Å². The highest BCUT2D eigenvalue weighted by molar-refractivity contribution is 5.79. The van der Waals surface area contributed by atoms with Gasteiger partial charge in [0.15, 0.2) is 0 Å². The second kappa shape index (κ2) is 5.38. The number of aliphatic carboxylic acids is 1. The highest BCUT2D eigenvalue weighted by atomic mass is 16.4. The normalized spacial score (nSPS) is 25.3. The minimum absolute atomic E-state index is 0.544. The molecule has 17 heavy (non-hydrogen) atoms. The van der Waals surface area contributed by atoms with Crippen molar-refractivity contribution in [3.8, 4) is 0 Å². The van der Waals surface area contributed by atoms with E-state index in [0.29, 0.717) is 0 Å². The topological polar surface area (TPSA) is 40.5 Å². The largest absolute Gasteiger partial charge is 0.480 e. The van der Waals surface area contributed by atoms with Crippen LogP contribution in [0, 0.1) is 5.92 Å². The summed E-state index contributed by atoms with van der Waals surface area (Å²) in [6, 6.07) is 0. The Bertz CT molecular complexity index is 265. The molecule has 0 aromatic rings. The van der Waals surface area contributed by atoms with E-state index in [1.807, 2.05) is 7.05 Å². The van der Waals surface area contributed by atoms with Crippen molar-refractivity contribution in [2.45, 2.75) is 63.3 Å². The average molecular weight is 239 g/mol. The van der Waals surface area contributed by atoms with Gasteiger partial charge in [0.25, 0.3) is 0 Å². The molecule has 0 heterocycles. The molecule has 98 valence electrons. The molecule has 3 heteroatoms. The van der Waals surface area contributed by atoms with Crippen LogP contribution in [-0.4, -0.2) is 35.1 Å². The van der Waals surface area contributed by atoms with Gasteiger partial charge in [-0.15, -0.1) is 0 Å². The van der Waals surface area contributed by atoms with Gasteiger partial charge in [0.05, 0.1) is 0 Å². The molecule has 0 aromatic carbocycles. The smallest absolute Gasteiger partial charge is 0.324 e. The van der Waals surface area contributed by atoms with Crippen molar-refractivity contribution in [3.05, 3.63) is 0 Å². The van der Waals surface area contributed by atoms with Crippen molar-refractivity contribution < 1.29 is 9.90 Å². The van der Waals surface area contributed by atoms with E-state index in [4.69, 9.17) is 0 Å². The first-order valence-corrected chi connectivity index (χ1v) is 7.10. The molecule has 0 aromatic heterocycles. The maximum absolute atomic E-state index is 11.6. The fourth-order valence-electron chi connectivity index (χ4n) is 3.65. The van der Waals surface area contributed by atoms with Gasteiger partial charge in [-0.05, 0) is 38.6 Å². The number of carboxylic acid groups (broad SMARTS) is 1. The summed E-state index contributed by atoms with van der Waals surface area (Å²) in [7, 11) is 2.02. The van der Waals surface area contributed by atoms with E-state index in [-0.39, 0.29) is 0 Å². The van der Waals surface area contributed by atoms with Crippen LogP contribution in [0.5, 0.6) is 0 Å². The minimum Gasteiger partial charge on any atom is -0.480 e. The van der Waals surface area contributed by atoms with Crippen LogP contribution in [0.2, 0.25) is 0 Å². The summed E-state index contributed by atoms with van der Waals surface area (Å²) in [5, 5.41) is 9.52. The molecule has 0 atom stereocenters. The van der Waals surface area contributed by atoms with Gasteiger partial charge >= 0.3 is 5.97 Å². The Kier molecular flexibility index (Phi) is 4.08. The summed E-state index contributed by atoms with van der Waals surface area (Å²) in [4.78, 5) is 13.7. The summed E-state index contributed by atoms with van der Waals surface area (Å²) in [6.45, 7) is 0.978. The van der Waals surface area contributed by atoms with Crippen LogP contribution in [0.25, 0.3) is 0 Å². The molecule has 3 nitrogen and oxygen atoms in total. The molecule has 2 aliphatic rings. The Morgan fingerprint density at radius 1 is 1.18 bits per heavy atom. The number of nitrogens with zero attached hydrogens (tertiary/aromatic N) is 1. The molecular weight excluding hydrogens is 214 g/mol. The molecule has 2 fully saturated rings. The summed E-state index contributed by atoms with van der Waals surface area (Å²) in [5.41, 5.74) is -0.544. The van der Waals surface area contributed by atoms with E-state index in [1.165, 1.54) is 32.1 Å². The van der Waals surface area contributed by atoms with Gasteiger partial charge in [-0.1, -0.05) is 32.1 Å². The number of hydrogen-bond donors (Lipinski definition) is 1. The highest BCUT2D eigenvalue weighted by Crippen LogP contribution is 2.36. The SMILES string of the molecule is CN(CC1CCCCC1)C1(C(=O)O)CCCC1. The lowest BCUT2D eigenvalue weighted by Gasteiger charge is -2.38. The van der Waals surface area contributed by atoms with Crippen LogP contribution in [0.4, 0.5) is 0 Å². The Labute approximate surface area is 104 Å². The van der Waals surface area contributed by atoms with Crippen LogP contribution < -0.4 is 0 Å². The van der Waals surface area contributed by atoms with Gasteiger partial charge in [-0.2, -0.15) is 0 Å². The standard InChI is InChI=1S/C14H25NO2/c1-15(11-12-7-3-2-4-8-12)14(13(16)17)9-5-6-10-14/h12H,2-11H2,1H3,(H,16,17). The molecule has 0 bridgehead atoms. The van der Waals surface area contributed by atoms with Crippen LogP contribution in [0.15, 0.2) is 0 Å². The van der Waals surface area contributed by atoms with Crippen molar-refractivity contribution in [2.75, 3.05) is 13.6 Å². The fraction of sp³-hybridized carbons (Fsp3) is 0.929. The molecule has 0 saturated heterocycles. The van der Waals surface area contributed by atoms with Gasteiger partial charge in [0.2, 0.25) is 0 Å². The summed E-state index contributed by atoms with van der Waals surface area (Å²) in [6.07, 6.45) is 10.4. The third kappa shape index (κ3) is 2.65. The van der Waals surface area contributed by atoms with E-state index < -0.39 is 11.5 Å². The molecule has 0 spiro atoms. The van der Waals surface area contributed by atoms with Crippen molar-refractivity contribution in [1.82, 2.24) is 4.90 Å². The number of likely N-dealkylation sites (N-methyl/N-ethyl adjacent to an activating group) is 1. The maximum atomic E-state index is 11.6. The summed E-state index contributed by atoms with van der Waals surface area (Å²) >= 11 is 0. The van der Waals surface area contributed by atoms with Gasteiger partial charge in [-0.3, -0.25) is 9.69 Å². The minimum atomic E-state index is -0.603. The van der Waals surface area contributed by atoms with E-state index in [1.54, 1.807) is 0 Å². The number of hydrogen-bond acceptors (Lipinski definition) is 2. The molecule has 0 unspecified atom stereocenters. The molecule has 1 N–H and O–H groups in total. The predicted molar refractivity (Wildman–Crippen MR) is 68.0 cm³/mol. The third-order valence-electron chi connectivity index (χ3n) is 4.82. The fourth-order valence-corrected chi connectivity index (χ4v) is 3.65. The van der Waals surface area contributed by atoms with E-state index in [2.05, 4.69) is 4.90 Å². The highest BCUT2D eigenvalue weighted by Gasteiger charge is 2.45. The van der Waals surface area contributed by atoms with Crippen molar-refractivity contribution >= 4 is 5.97 Å². The van der Waals surface area contributed by atoms with Gasteiger partial charge in [0.1, 0.15) is 5.54 Å². The third-order valence-corrected chi connectivity index (χ3v) is 4.82. The van der Waals surface area contributed by atoms with E-state index in [9.17, 15) is 9.90 Å². The first-order valence-electron chi connectivity index (χ1n) is 7.10. The zero-order valence-corrected chi connectivity index (χ0v) is 11.0. The Morgan fingerprint density at radius 2 is 1.76 bits per heavy atom. The van der Waals surface area contributed by atoms with Crippen molar-refractivity contribution in [2.24, 2.45) is 5.92 Å². The summed E-state index contributed by atoms with van der Waals surface area (Å²) < 4.78 is 0. The van der Waals surface area contributed by atoms with Crippen LogP contribution in [0.3, 0.4) is 0 Å². The lowest BCUT2D eigenvalue weighted by Crippen LogP contribution is -2.52. The predicted octanol–water partition coefficient (Wildman–Crippen LogP) is 2.90. The van der Waals surface area contributed by atoms with E-state index in [0.717, 1.165) is 38.1 Å². The quantitative estimate of drug-likeness (QED) is 0.820. The zero-order chi connectivity index (χ0) is 12.3. The molecule has 0 amide bonds. The zero-order valence-electron chi connectivity index (χ0n) is 11.0. The first-order chi connectivity index (χ1) is 8.15. The second-order valence-electron chi connectivity index (χ2n) is 5.93. The molecule has 2 aliphatic carbocycles. The monoisotopic (exact) mass is 239 g/mol. The van der Waals surface area contributed by atoms with Gasteiger partial charge in [0, 0.05) is 6.54 Å². The lowest BCUT2D eigenvalue weighted by atomic mass is 9.87. The Balaban J connectivity index is 1.96. The first kappa shape index (κ1) is 12.9. The average Bonchev–Trinajstić information content (AvgIpc) is 2.80. The van der Waals surface area contributed by atoms with E-state index >= 15 is 0 Å². The molecule has 0 radical (unpaired) electrons. The lowest BCUT2D eigenvalue weighted by molar-refractivity contribution is -0.151. The number of carbonyl (C=O) groups is 1. The number of carboxylic acids is 1. The summed E-state index contributed by atoms with van der Waals surface area (Å²) in [5.74, 6) is 0.124. The van der Waals surface area contributed by atoms with Crippen LogP contribution in [-0.2, 0) is 4.79 Å². The Morgan fingerprint density at radius 3 is 2.29 bits per heavy atom. The van der Waals surface area contributed by atoms with Crippen molar-refractivity contribution in [1.29, 1.82) is 0 Å². The van der Waals surface area contributed by atoms with Crippen molar-refractivity contribution in [3.63, 3.8) is 0 Å². The maximum Gasteiger partial charge on any atom is 0.324 e. The molecule has 0 aliphatic heterocycles. The van der Waals surface area contributed by atoms with Gasteiger partial charge < -0.3 is 5.11 Å². The molecular formula is C14H25NO2. The Hall–Kier alpha value is -0.570. The molecule has 2 rings (SSSR count). The molecule has 2 saturated carbocycles. The second-order valence-corrected chi connectivity index (χ2v) is 5.93. The number of rotatable bonds is 4. The van der Waals surface area contributed by atoms with Gasteiger partial charge in [-0.25, -0.2) is 0 Å². The van der Waals surface area contributed by atoms with Crippen LogP contribution in [0.1, 0.15) is 57.8 Å².